The number of anilines is 1. The summed E-state index contributed by atoms with van der Waals surface area (Å²) in [7, 11) is -1.84. The van der Waals surface area contributed by atoms with E-state index in [2.05, 4.69) is 10.3 Å². The van der Waals surface area contributed by atoms with Crippen molar-refractivity contribution in [2.45, 2.75) is 32.2 Å². The molecule has 2 heterocycles. The summed E-state index contributed by atoms with van der Waals surface area (Å²) in [5, 5.41) is 3.24. The maximum absolute atomic E-state index is 12.7. The lowest BCUT2D eigenvalue weighted by molar-refractivity contribution is -0.120. The van der Waals surface area contributed by atoms with Crippen molar-refractivity contribution in [1.29, 1.82) is 0 Å². The van der Waals surface area contributed by atoms with Crippen LogP contribution in [0.2, 0.25) is 0 Å². The molecule has 9 heteroatoms. The largest absolute Gasteiger partial charge is 0.494 e. The number of aromatic nitrogens is 1. The van der Waals surface area contributed by atoms with Gasteiger partial charge in [0.1, 0.15) is 17.3 Å². The zero-order valence-electron chi connectivity index (χ0n) is 14.4. The van der Waals surface area contributed by atoms with Crippen molar-refractivity contribution in [1.82, 2.24) is 9.29 Å². The number of hydrogen-bond acceptors (Lipinski definition) is 6. The zero-order valence-corrected chi connectivity index (χ0v) is 16.0. The lowest BCUT2D eigenvalue weighted by Gasteiger charge is -2.32. The molecule has 1 amide bonds. The Kier molecular flexibility index (Phi) is 4.99. The SMILES string of the molecule is COc1ccc(C)c2sc(NC(=O)C3CCCCN3S(C)(=O)=O)nc12. The van der Waals surface area contributed by atoms with Gasteiger partial charge in [0.05, 0.1) is 18.1 Å². The third-order valence-corrected chi connectivity index (χ3v) is 6.73. The van der Waals surface area contributed by atoms with E-state index in [1.807, 2.05) is 19.1 Å². The molecule has 7 nitrogen and oxygen atoms in total. The Bertz CT molecular complexity index is 907. The summed E-state index contributed by atoms with van der Waals surface area (Å²) in [6.45, 7) is 2.35. The van der Waals surface area contributed by atoms with Crippen molar-refractivity contribution in [3.63, 3.8) is 0 Å². The maximum Gasteiger partial charge on any atom is 0.244 e. The highest BCUT2D eigenvalue weighted by atomic mass is 32.2. The van der Waals surface area contributed by atoms with E-state index in [-0.39, 0.29) is 5.91 Å². The second kappa shape index (κ2) is 6.89. The van der Waals surface area contributed by atoms with Crippen LogP contribution in [0.25, 0.3) is 10.2 Å². The third-order valence-electron chi connectivity index (χ3n) is 4.34. The summed E-state index contributed by atoms with van der Waals surface area (Å²) < 4.78 is 31.4. The molecule has 1 aliphatic rings. The topological polar surface area (TPSA) is 88.6 Å². The Morgan fingerprint density at radius 2 is 2.16 bits per heavy atom. The number of rotatable bonds is 4. The fraction of sp³-hybridized carbons (Fsp3) is 0.500. The van der Waals surface area contributed by atoms with Gasteiger partial charge in [-0.3, -0.25) is 4.79 Å². The number of sulfonamides is 1. The second-order valence-corrected chi connectivity index (χ2v) is 9.09. The van der Waals surface area contributed by atoms with Crippen LogP contribution >= 0.6 is 11.3 Å². The van der Waals surface area contributed by atoms with Crippen LogP contribution in [0.3, 0.4) is 0 Å². The van der Waals surface area contributed by atoms with Crippen molar-refractivity contribution in [3.05, 3.63) is 17.7 Å². The molecule has 1 aliphatic heterocycles. The van der Waals surface area contributed by atoms with E-state index in [0.29, 0.717) is 29.4 Å². The van der Waals surface area contributed by atoms with Crippen LogP contribution in [-0.4, -0.2) is 49.6 Å². The van der Waals surface area contributed by atoms with Crippen LogP contribution in [0.5, 0.6) is 5.75 Å². The van der Waals surface area contributed by atoms with Gasteiger partial charge in [0.25, 0.3) is 0 Å². The van der Waals surface area contributed by atoms with Gasteiger partial charge in [0.2, 0.25) is 15.9 Å². The first kappa shape index (κ1) is 18.1. The molecule has 0 saturated carbocycles. The predicted molar refractivity (Wildman–Crippen MR) is 98.7 cm³/mol. The molecule has 1 atom stereocenters. The predicted octanol–water partition coefficient (Wildman–Crippen LogP) is 2.37. The first-order chi connectivity index (χ1) is 11.8. The standard InChI is InChI=1S/C16H21N3O4S2/c1-10-7-8-12(23-2)13-14(10)24-16(17-13)18-15(20)11-6-4-5-9-19(11)25(3,21)22/h7-8,11H,4-6,9H2,1-3H3,(H,17,18,20). The minimum absolute atomic E-state index is 0.333. The van der Waals surface area contributed by atoms with E-state index in [0.717, 1.165) is 29.4 Å². The number of carbonyl (C=O) groups excluding carboxylic acids is 1. The number of nitrogens with zero attached hydrogens (tertiary/aromatic N) is 2. The van der Waals surface area contributed by atoms with Crippen molar-refractivity contribution < 1.29 is 17.9 Å². The molecule has 2 aromatic rings. The summed E-state index contributed by atoms with van der Waals surface area (Å²) in [5.74, 6) is 0.313. The van der Waals surface area contributed by atoms with Gasteiger partial charge in [-0.15, -0.1) is 0 Å². The summed E-state index contributed by atoms with van der Waals surface area (Å²) in [4.78, 5) is 17.1. The number of thiazole rings is 1. The number of benzene rings is 1. The molecular formula is C16H21N3O4S2. The number of fused-ring (bicyclic) bond motifs is 1. The molecular weight excluding hydrogens is 362 g/mol. The molecule has 1 N–H and O–H groups in total. The Morgan fingerprint density at radius 1 is 1.40 bits per heavy atom. The molecule has 1 aromatic carbocycles. The van der Waals surface area contributed by atoms with E-state index < -0.39 is 16.1 Å². The normalized spacial score (nSPS) is 19.1. The summed E-state index contributed by atoms with van der Waals surface area (Å²) in [5.41, 5.74) is 1.75. The minimum atomic E-state index is -3.42. The van der Waals surface area contributed by atoms with Gasteiger partial charge in [-0.1, -0.05) is 23.8 Å². The van der Waals surface area contributed by atoms with Gasteiger partial charge < -0.3 is 10.1 Å². The van der Waals surface area contributed by atoms with Crippen molar-refractivity contribution in [2.75, 3.05) is 25.2 Å². The van der Waals surface area contributed by atoms with E-state index in [4.69, 9.17) is 4.74 Å². The van der Waals surface area contributed by atoms with Crippen LogP contribution in [0.15, 0.2) is 12.1 Å². The molecule has 1 unspecified atom stereocenters. The van der Waals surface area contributed by atoms with Crippen LogP contribution in [0.4, 0.5) is 5.13 Å². The summed E-state index contributed by atoms with van der Waals surface area (Å²) in [6.07, 6.45) is 3.27. The monoisotopic (exact) mass is 383 g/mol. The molecule has 1 saturated heterocycles. The first-order valence-electron chi connectivity index (χ1n) is 8.03. The number of aryl methyl sites for hydroxylation is 1. The van der Waals surface area contributed by atoms with Gasteiger partial charge >= 0.3 is 0 Å². The van der Waals surface area contributed by atoms with Crippen LogP contribution in [0.1, 0.15) is 24.8 Å². The third kappa shape index (κ3) is 3.63. The number of carbonyl (C=O) groups is 1. The zero-order chi connectivity index (χ0) is 18.2. The summed E-state index contributed by atoms with van der Waals surface area (Å²) >= 11 is 1.36. The average Bonchev–Trinajstić information content (AvgIpc) is 2.99. The number of piperidine rings is 1. The number of methoxy groups -OCH3 is 1. The maximum atomic E-state index is 12.7. The first-order valence-corrected chi connectivity index (χ1v) is 10.7. The highest BCUT2D eigenvalue weighted by Crippen LogP contribution is 2.35. The minimum Gasteiger partial charge on any atom is -0.494 e. The van der Waals surface area contributed by atoms with Crippen LogP contribution < -0.4 is 10.1 Å². The molecule has 0 bridgehead atoms. The lowest BCUT2D eigenvalue weighted by Crippen LogP contribution is -2.49. The molecule has 25 heavy (non-hydrogen) atoms. The van der Waals surface area contributed by atoms with E-state index in [9.17, 15) is 13.2 Å². The van der Waals surface area contributed by atoms with E-state index in [1.165, 1.54) is 15.6 Å². The molecule has 1 fully saturated rings. The van der Waals surface area contributed by atoms with Crippen molar-refractivity contribution in [2.24, 2.45) is 0 Å². The number of amides is 1. The number of hydrogen-bond donors (Lipinski definition) is 1. The Labute approximate surface area is 151 Å². The Balaban J connectivity index is 1.87. The van der Waals surface area contributed by atoms with Gasteiger partial charge in [0.15, 0.2) is 5.13 Å². The second-order valence-electron chi connectivity index (χ2n) is 6.16. The fourth-order valence-electron chi connectivity index (χ4n) is 3.08. The molecule has 0 aliphatic carbocycles. The van der Waals surface area contributed by atoms with E-state index in [1.54, 1.807) is 7.11 Å². The Hall–Kier alpha value is -1.71. The molecule has 3 rings (SSSR count). The highest BCUT2D eigenvalue weighted by Gasteiger charge is 2.34. The van der Waals surface area contributed by atoms with Crippen LogP contribution in [-0.2, 0) is 14.8 Å². The lowest BCUT2D eigenvalue weighted by atomic mass is 10.0. The molecule has 0 spiro atoms. The molecule has 136 valence electrons. The van der Waals surface area contributed by atoms with Gasteiger partial charge in [0, 0.05) is 6.54 Å². The molecule has 1 aromatic heterocycles. The quantitative estimate of drug-likeness (QED) is 0.876. The molecule has 0 radical (unpaired) electrons. The van der Waals surface area contributed by atoms with Gasteiger partial charge in [-0.25, -0.2) is 13.4 Å². The fourth-order valence-corrected chi connectivity index (χ4v) is 5.16. The van der Waals surface area contributed by atoms with E-state index >= 15 is 0 Å². The Morgan fingerprint density at radius 3 is 2.84 bits per heavy atom. The van der Waals surface area contributed by atoms with Crippen molar-refractivity contribution in [3.8, 4) is 5.75 Å². The van der Waals surface area contributed by atoms with Crippen LogP contribution in [0, 0.1) is 6.92 Å². The van der Waals surface area contributed by atoms with Crippen molar-refractivity contribution >= 4 is 42.6 Å². The average molecular weight is 383 g/mol. The smallest absolute Gasteiger partial charge is 0.244 e. The number of nitrogens with one attached hydrogen (secondary N) is 1. The summed E-state index contributed by atoms with van der Waals surface area (Å²) in [6, 6.07) is 3.10. The van der Waals surface area contributed by atoms with Gasteiger partial charge in [-0.05, 0) is 31.4 Å². The highest BCUT2D eigenvalue weighted by molar-refractivity contribution is 7.88. The number of ether oxygens (including phenoxy) is 1. The van der Waals surface area contributed by atoms with Gasteiger partial charge in [-0.2, -0.15) is 4.31 Å².